The second kappa shape index (κ2) is 12.7. The van der Waals surface area contributed by atoms with Crippen molar-refractivity contribution in [1.82, 2.24) is 20.3 Å². The number of nitrogens with zero attached hydrogens (tertiary/aromatic N) is 3. The topological polar surface area (TPSA) is 220 Å². The summed E-state index contributed by atoms with van der Waals surface area (Å²) >= 11 is 33.8. The standard InChI is InChI=1S/C21H19Cl6N7O9S/c22-19(23,24)8-42-44(39,40)33-17-30-12-10(7-41-16(28)38)29-18(31-15(37)21(25,26)27)34-6-11(13(35)20(12,34)32-17)43-14(36)9-4-2-1-3-5-9/h1-5,10-12H,6-8H2,(H2,28,38)(H,29,31,37)(H2,30,32,33)/t10-,11-,12-,20-/m0/s1. The summed E-state index contributed by atoms with van der Waals surface area (Å²) in [5.74, 6) is -3.95. The minimum absolute atomic E-state index is 0.112. The monoisotopic (exact) mass is 755 g/mol. The maximum absolute atomic E-state index is 14.1. The molecule has 0 aliphatic carbocycles. The molecule has 1 spiro atoms. The number of alkyl halides is 6. The molecule has 4 rings (SSSR count). The minimum Gasteiger partial charge on any atom is -0.449 e. The quantitative estimate of drug-likeness (QED) is 0.224. The number of benzene rings is 1. The Kier molecular flexibility index (Phi) is 9.92. The van der Waals surface area contributed by atoms with E-state index >= 15 is 0 Å². The molecule has 3 aliphatic heterocycles. The molecule has 23 heteroatoms. The third-order valence-corrected chi connectivity index (χ3v) is 7.81. The number of nitrogens with one attached hydrogen (secondary N) is 3. The second-order valence-corrected chi connectivity index (χ2v) is 15.2. The number of nitrogens with two attached hydrogens (primary N) is 1. The molecular weight excluding hydrogens is 739 g/mol. The van der Waals surface area contributed by atoms with Crippen molar-refractivity contribution in [2.24, 2.45) is 15.7 Å². The lowest BCUT2D eigenvalue weighted by atomic mass is 9.89. The number of aliphatic imine (C=N–C) groups is 2. The van der Waals surface area contributed by atoms with Crippen LogP contribution >= 0.6 is 69.6 Å². The van der Waals surface area contributed by atoms with Gasteiger partial charge in [0.2, 0.25) is 27.2 Å². The Morgan fingerprint density at radius 2 is 1.77 bits per heavy atom. The van der Waals surface area contributed by atoms with E-state index in [9.17, 15) is 27.6 Å². The fourth-order valence-corrected chi connectivity index (χ4v) is 5.65. The number of esters is 1. The van der Waals surface area contributed by atoms with Crippen LogP contribution in [0.4, 0.5) is 4.79 Å². The molecule has 0 radical (unpaired) electrons. The van der Waals surface area contributed by atoms with Crippen molar-refractivity contribution in [3.8, 4) is 0 Å². The van der Waals surface area contributed by atoms with Gasteiger partial charge in [0.15, 0.2) is 6.10 Å². The molecule has 16 nitrogen and oxygen atoms in total. The van der Waals surface area contributed by atoms with Crippen molar-refractivity contribution in [1.29, 1.82) is 0 Å². The normalized spacial score (nSPS) is 24.7. The number of hydrogen-bond acceptors (Lipinski definition) is 13. The number of ketones is 1. The number of amides is 2. The summed E-state index contributed by atoms with van der Waals surface area (Å²) in [5, 5.41) is 4.90. The Bertz CT molecular complexity index is 1520. The number of halogens is 6. The molecule has 1 fully saturated rings. The summed E-state index contributed by atoms with van der Waals surface area (Å²) in [5.41, 5.74) is 3.09. The van der Waals surface area contributed by atoms with Crippen molar-refractivity contribution in [2.45, 2.75) is 31.4 Å². The maximum atomic E-state index is 14.1. The van der Waals surface area contributed by atoms with Crippen LogP contribution in [0.2, 0.25) is 0 Å². The summed E-state index contributed by atoms with van der Waals surface area (Å²) in [6.07, 6.45) is -2.78. The van der Waals surface area contributed by atoms with Gasteiger partial charge in [-0.3, -0.25) is 14.9 Å². The molecule has 5 N–H and O–H groups in total. The van der Waals surface area contributed by atoms with E-state index in [1.54, 1.807) is 18.2 Å². The number of guanidine groups is 2. The van der Waals surface area contributed by atoms with Crippen LogP contribution in [0.1, 0.15) is 10.4 Å². The summed E-state index contributed by atoms with van der Waals surface area (Å²) in [6.45, 7) is -1.98. The van der Waals surface area contributed by atoms with E-state index in [1.807, 2.05) is 4.72 Å². The third-order valence-electron chi connectivity index (χ3n) is 6.09. The SMILES string of the molecule is NC(=O)OC[C@@H]1N=C(NC(=O)C(Cl)(Cl)Cl)N2C[C@H](OC(=O)c3ccccc3)C(=O)[C@@]23NC(NS(=O)(=O)OCC(Cl)(Cl)Cl)=N[C@@H]13. The lowest BCUT2D eigenvalue weighted by molar-refractivity contribution is -0.132. The summed E-state index contributed by atoms with van der Waals surface area (Å²) < 4.78 is 37.5. The molecule has 1 aromatic carbocycles. The highest BCUT2D eigenvalue weighted by Crippen LogP contribution is 2.39. The van der Waals surface area contributed by atoms with E-state index in [2.05, 4.69) is 24.8 Å². The predicted molar refractivity (Wildman–Crippen MR) is 158 cm³/mol. The van der Waals surface area contributed by atoms with Crippen LogP contribution in [0.15, 0.2) is 40.3 Å². The average Bonchev–Trinajstić information content (AvgIpc) is 3.42. The predicted octanol–water partition coefficient (Wildman–Crippen LogP) is 0.662. The zero-order valence-electron chi connectivity index (χ0n) is 21.5. The number of ether oxygens (including phenoxy) is 2. The molecule has 2 amide bonds. The molecule has 0 bridgehead atoms. The van der Waals surface area contributed by atoms with Crippen LogP contribution in [0.25, 0.3) is 0 Å². The van der Waals surface area contributed by atoms with Crippen molar-refractivity contribution in [2.75, 3.05) is 19.8 Å². The van der Waals surface area contributed by atoms with Gasteiger partial charge in [-0.05, 0) is 12.1 Å². The van der Waals surface area contributed by atoms with E-state index in [1.165, 1.54) is 12.1 Å². The van der Waals surface area contributed by atoms with Gasteiger partial charge in [0.05, 0.1) is 12.1 Å². The molecule has 0 aromatic heterocycles. The van der Waals surface area contributed by atoms with Gasteiger partial charge in [-0.25, -0.2) is 28.5 Å². The molecule has 0 saturated carbocycles. The highest BCUT2D eigenvalue weighted by atomic mass is 35.6. The minimum atomic E-state index is -4.73. The van der Waals surface area contributed by atoms with Gasteiger partial charge in [0.25, 0.3) is 9.70 Å². The third kappa shape index (κ3) is 7.64. The van der Waals surface area contributed by atoms with E-state index in [0.29, 0.717) is 0 Å². The van der Waals surface area contributed by atoms with Gasteiger partial charge in [-0.1, -0.05) is 87.8 Å². The van der Waals surface area contributed by atoms with Crippen LogP contribution in [-0.2, 0) is 33.6 Å². The molecule has 4 atom stereocenters. The van der Waals surface area contributed by atoms with Crippen LogP contribution in [0, 0.1) is 0 Å². The maximum Gasteiger partial charge on any atom is 0.404 e. The van der Waals surface area contributed by atoms with Gasteiger partial charge in [-0.2, -0.15) is 8.42 Å². The van der Waals surface area contributed by atoms with Crippen LogP contribution in [-0.4, -0.2) is 100 Å². The number of hydrogen-bond donors (Lipinski definition) is 4. The highest BCUT2D eigenvalue weighted by Gasteiger charge is 2.68. The van der Waals surface area contributed by atoms with Crippen molar-refractivity contribution < 1.29 is 41.3 Å². The number of Topliss-reactive ketones (excluding diaryl/α,β-unsaturated/α-hetero) is 1. The Hall–Kier alpha value is -2.51. The number of carbonyl (C=O) groups excluding carboxylic acids is 4. The molecule has 0 unspecified atom stereocenters. The number of primary amides is 1. The van der Waals surface area contributed by atoms with Crippen LogP contribution < -0.4 is 21.1 Å². The van der Waals surface area contributed by atoms with E-state index in [-0.39, 0.29) is 5.56 Å². The van der Waals surface area contributed by atoms with Crippen LogP contribution in [0.3, 0.4) is 0 Å². The molecule has 1 aromatic rings. The Balaban J connectivity index is 1.73. The molecular formula is C21H19Cl6N7O9S. The first-order valence-corrected chi connectivity index (χ1v) is 15.6. The average molecular weight is 758 g/mol. The van der Waals surface area contributed by atoms with Gasteiger partial charge in [0, 0.05) is 0 Å². The first-order valence-electron chi connectivity index (χ1n) is 11.9. The summed E-state index contributed by atoms with van der Waals surface area (Å²) in [7, 11) is -4.73. The van der Waals surface area contributed by atoms with E-state index in [4.69, 9.17) is 84.8 Å². The molecule has 44 heavy (non-hydrogen) atoms. The molecule has 240 valence electrons. The van der Waals surface area contributed by atoms with Crippen LogP contribution in [0.5, 0.6) is 0 Å². The smallest absolute Gasteiger partial charge is 0.404 e. The highest BCUT2D eigenvalue weighted by molar-refractivity contribution is 7.85. The van der Waals surface area contributed by atoms with Gasteiger partial charge >= 0.3 is 22.4 Å². The Labute approximate surface area is 278 Å². The molecule has 1 saturated heterocycles. The Morgan fingerprint density at radius 3 is 2.36 bits per heavy atom. The fraction of sp³-hybridized carbons (Fsp3) is 0.429. The first-order chi connectivity index (χ1) is 20.3. The fourth-order valence-electron chi connectivity index (χ4n) is 4.41. The lowest BCUT2D eigenvalue weighted by Gasteiger charge is -2.44. The van der Waals surface area contributed by atoms with Gasteiger partial charge in [0.1, 0.15) is 25.3 Å². The van der Waals surface area contributed by atoms with E-state index in [0.717, 1.165) is 4.90 Å². The van der Waals surface area contributed by atoms with E-state index < -0.39 is 97.2 Å². The van der Waals surface area contributed by atoms with Gasteiger partial charge in [-0.15, -0.1) is 0 Å². The largest absolute Gasteiger partial charge is 0.449 e. The molecule has 3 aliphatic rings. The second-order valence-electron chi connectivity index (χ2n) is 9.08. The summed E-state index contributed by atoms with van der Waals surface area (Å²) in [6, 6.07) is 4.96. The van der Waals surface area contributed by atoms with Crippen molar-refractivity contribution >= 4 is 116 Å². The zero-order valence-corrected chi connectivity index (χ0v) is 26.9. The zero-order chi connectivity index (χ0) is 32.7. The van der Waals surface area contributed by atoms with Crippen molar-refractivity contribution in [3.05, 3.63) is 35.9 Å². The number of carbonyl (C=O) groups is 4. The van der Waals surface area contributed by atoms with Crippen molar-refractivity contribution in [3.63, 3.8) is 0 Å². The summed E-state index contributed by atoms with van der Waals surface area (Å²) in [4.78, 5) is 60.7. The molecule has 3 heterocycles. The first kappa shape index (κ1) is 34.4. The Morgan fingerprint density at radius 1 is 1.11 bits per heavy atom. The lowest BCUT2D eigenvalue weighted by Crippen LogP contribution is -2.73. The number of rotatable bonds is 7. The van der Waals surface area contributed by atoms with Gasteiger partial charge < -0.3 is 25.4 Å².